The van der Waals surface area contributed by atoms with Crippen LogP contribution in [0.1, 0.15) is 21.5 Å². The SMILES string of the molecule is Cc1ccccc1/C=C1/C=CC=C/C1=N\CC(=O)c1ccccc1. The zero-order chi connectivity index (χ0) is 16.8. The quantitative estimate of drug-likeness (QED) is 0.743. The molecular formula is C22H19NO. The Bertz CT molecular complexity index is 855. The molecule has 2 nitrogen and oxygen atoms in total. The van der Waals surface area contributed by atoms with Crippen molar-refractivity contribution in [3.8, 4) is 0 Å². The lowest BCUT2D eigenvalue weighted by molar-refractivity contribution is 0.100. The van der Waals surface area contributed by atoms with Crippen LogP contribution in [0.2, 0.25) is 0 Å². The standard InChI is InChI=1S/C22H19NO/c1-17-9-5-6-12-19(17)15-20-13-7-8-14-21(20)23-16-22(24)18-10-3-2-4-11-18/h2-15H,16H2,1H3/b20-15-,23-21+. The maximum Gasteiger partial charge on any atom is 0.184 e. The number of aryl methyl sites for hydroxylation is 1. The Kier molecular flexibility index (Phi) is 4.97. The molecule has 0 saturated heterocycles. The molecule has 0 aromatic heterocycles. The van der Waals surface area contributed by atoms with Crippen molar-refractivity contribution in [3.05, 3.63) is 101 Å². The number of hydrogen-bond acceptors (Lipinski definition) is 2. The third-order valence-corrected chi connectivity index (χ3v) is 3.92. The van der Waals surface area contributed by atoms with Crippen molar-refractivity contribution < 1.29 is 4.79 Å². The van der Waals surface area contributed by atoms with Gasteiger partial charge in [0.1, 0.15) is 6.54 Å². The van der Waals surface area contributed by atoms with Gasteiger partial charge in [0.2, 0.25) is 0 Å². The van der Waals surface area contributed by atoms with Crippen LogP contribution in [0.3, 0.4) is 0 Å². The molecule has 0 amide bonds. The van der Waals surface area contributed by atoms with Crippen LogP contribution >= 0.6 is 0 Å². The van der Waals surface area contributed by atoms with E-state index in [1.807, 2.05) is 66.8 Å². The molecule has 0 fully saturated rings. The Labute approximate surface area is 142 Å². The highest BCUT2D eigenvalue weighted by Crippen LogP contribution is 2.17. The van der Waals surface area contributed by atoms with Gasteiger partial charge < -0.3 is 0 Å². The minimum atomic E-state index is 0.0290. The lowest BCUT2D eigenvalue weighted by Crippen LogP contribution is -2.08. The minimum absolute atomic E-state index is 0.0290. The van der Waals surface area contributed by atoms with Crippen LogP contribution in [-0.2, 0) is 0 Å². The van der Waals surface area contributed by atoms with E-state index < -0.39 is 0 Å². The van der Waals surface area contributed by atoms with E-state index >= 15 is 0 Å². The number of carbonyl (C=O) groups is 1. The zero-order valence-electron chi connectivity index (χ0n) is 13.6. The maximum absolute atomic E-state index is 12.2. The van der Waals surface area contributed by atoms with Gasteiger partial charge in [-0.25, -0.2) is 0 Å². The van der Waals surface area contributed by atoms with Crippen molar-refractivity contribution >= 4 is 17.6 Å². The third kappa shape index (κ3) is 3.85. The summed E-state index contributed by atoms with van der Waals surface area (Å²) in [5.74, 6) is 0.0290. The van der Waals surface area contributed by atoms with Gasteiger partial charge in [0.05, 0.1) is 5.71 Å². The third-order valence-electron chi connectivity index (χ3n) is 3.92. The number of ketones is 1. The van der Waals surface area contributed by atoms with Crippen molar-refractivity contribution in [2.45, 2.75) is 6.92 Å². The molecule has 0 aliphatic heterocycles. The first-order valence-corrected chi connectivity index (χ1v) is 7.99. The predicted octanol–water partition coefficient (Wildman–Crippen LogP) is 4.83. The number of carbonyl (C=O) groups excluding carboxylic acids is 1. The number of aliphatic imine (C=N–C) groups is 1. The summed E-state index contributed by atoms with van der Waals surface area (Å²) in [6.45, 7) is 2.24. The predicted molar refractivity (Wildman–Crippen MR) is 101 cm³/mol. The van der Waals surface area contributed by atoms with Gasteiger partial charge >= 0.3 is 0 Å². The number of hydrogen-bond donors (Lipinski definition) is 0. The van der Waals surface area contributed by atoms with Gasteiger partial charge in [-0.2, -0.15) is 0 Å². The second kappa shape index (κ2) is 7.51. The first-order valence-electron chi connectivity index (χ1n) is 7.99. The molecule has 1 aliphatic rings. The van der Waals surface area contributed by atoms with E-state index in [1.54, 1.807) is 0 Å². The number of benzene rings is 2. The maximum atomic E-state index is 12.2. The highest BCUT2D eigenvalue weighted by molar-refractivity contribution is 6.15. The van der Waals surface area contributed by atoms with Crippen LogP contribution in [0.15, 0.2) is 89.5 Å². The summed E-state index contributed by atoms with van der Waals surface area (Å²) in [5, 5.41) is 0. The molecular weight excluding hydrogens is 294 g/mol. The molecule has 1 aliphatic carbocycles. The summed E-state index contributed by atoms with van der Waals surface area (Å²) in [4.78, 5) is 16.8. The van der Waals surface area contributed by atoms with Gasteiger partial charge in [-0.05, 0) is 30.2 Å². The van der Waals surface area contributed by atoms with Gasteiger partial charge in [-0.1, -0.05) is 72.8 Å². The van der Waals surface area contributed by atoms with E-state index in [-0.39, 0.29) is 12.3 Å². The Hall–Kier alpha value is -3.00. The summed E-state index contributed by atoms with van der Waals surface area (Å²) >= 11 is 0. The summed E-state index contributed by atoms with van der Waals surface area (Å²) in [7, 11) is 0. The van der Waals surface area contributed by atoms with Gasteiger partial charge in [0, 0.05) is 11.1 Å². The fourth-order valence-electron chi connectivity index (χ4n) is 2.54. The molecule has 2 aromatic rings. The van der Waals surface area contributed by atoms with Crippen LogP contribution in [0.25, 0.3) is 6.08 Å². The minimum Gasteiger partial charge on any atom is -0.292 e. The molecule has 0 heterocycles. The van der Waals surface area contributed by atoms with Gasteiger partial charge in [-0.3, -0.25) is 9.79 Å². The summed E-state index contributed by atoms with van der Waals surface area (Å²) in [6, 6.07) is 17.5. The summed E-state index contributed by atoms with van der Waals surface area (Å²) in [6.07, 6.45) is 10.0. The Morgan fingerprint density at radius 2 is 1.67 bits per heavy atom. The van der Waals surface area contributed by atoms with Crippen LogP contribution in [-0.4, -0.2) is 18.0 Å². The van der Waals surface area contributed by atoms with Crippen molar-refractivity contribution in [1.82, 2.24) is 0 Å². The summed E-state index contributed by atoms with van der Waals surface area (Å²) in [5.41, 5.74) is 4.93. The second-order valence-electron chi connectivity index (χ2n) is 5.67. The number of allylic oxidation sites excluding steroid dienone is 5. The number of rotatable bonds is 4. The topological polar surface area (TPSA) is 29.4 Å². The molecule has 0 unspecified atom stereocenters. The molecule has 2 heteroatoms. The van der Waals surface area contributed by atoms with Gasteiger partial charge in [-0.15, -0.1) is 0 Å². The Balaban J connectivity index is 1.83. The van der Waals surface area contributed by atoms with E-state index in [2.05, 4.69) is 30.1 Å². The zero-order valence-corrected chi connectivity index (χ0v) is 13.6. The molecule has 118 valence electrons. The molecule has 0 saturated carbocycles. The molecule has 0 N–H and O–H groups in total. The van der Waals surface area contributed by atoms with E-state index in [4.69, 9.17) is 0 Å². The fourth-order valence-corrected chi connectivity index (χ4v) is 2.54. The van der Waals surface area contributed by atoms with Crippen LogP contribution in [0.4, 0.5) is 0 Å². The number of Topliss-reactive ketones (excluding diaryl/α,β-unsaturated/α-hetero) is 1. The van der Waals surface area contributed by atoms with Crippen molar-refractivity contribution in [3.63, 3.8) is 0 Å². The van der Waals surface area contributed by atoms with Crippen LogP contribution < -0.4 is 0 Å². The van der Waals surface area contributed by atoms with Crippen molar-refractivity contribution in [2.75, 3.05) is 6.54 Å². The van der Waals surface area contributed by atoms with Crippen molar-refractivity contribution in [1.29, 1.82) is 0 Å². The largest absolute Gasteiger partial charge is 0.292 e. The highest BCUT2D eigenvalue weighted by Gasteiger charge is 2.08. The smallest absolute Gasteiger partial charge is 0.184 e. The van der Waals surface area contributed by atoms with E-state index in [0.29, 0.717) is 5.56 Å². The molecule has 2 aromatic carbocycles. The first-order chi connectivity index (χ1) is 11.7. The van der Waals surface area contributed by atoms with Gasteiger partial charge in [0.15, 0.2) is 5.78 Å². The average molecular weight is 313 g/mol. The lowest BCUT2D eigenvalue weighted by atomic mass is 10.00. The average Bonchev–Trinajstić information content (AvgIpc) is 2.63. The Morgan fingerprint density at radius 1 is 0.958 bits per heavy atom. The molecule has 0 spiro atoms. The normalized spacial score (nSPS) is 16.7. The fraction of sp³-hybridized carbons (Fsp3) is 0.0909. The van der Waals surface area contributed by atoms with Crippen molar-refractivity contribution in [2.24, 2.45) is 4.99 Å². The molecule has 0 radical (unpaired) electrons. The van der Waals surface area contributed by atoms with Gasteiger partial charge in [0.25, 0.3) is 0 Å². The Morgan fingerprint density at radius 3 is 2.46 bits per heavy atom. The van der Waals surface area contributed by atoms with E-state index in [0.717, 1.165) is 16.8 Å². The molecule has 24 heavy (non-hydrogen) atoms. The first kappa shape index (κ1) is 15.9. The lowest BCUT2D eigenvalue weighted by Gasteiger charge is -2.08. The van der Waals surface area contributed by atoms with Crippen LogP contribution in [0, 0.1) is 6.92 Å². The van der Waals surface area contributed by atoms with E-state index in [9.17, 15) is 4.79 Å². The number of nitrogens with zero attached hydrogens (tertiary/aromatic N) is 1. The molecule has 0 bridgehead atoms. The van der Waals surface area contributed by atoms with Crippen LogP contribution in [0.5, 0.6) is 0 Å². The summed E-state index contributed by atoms with van der Waals surface area (Å²) < 4.78 is 0. The second-order valence-corrected chi connectivity index (χ2v) is 5.67. The molecule has 0 atom stereocenters. The highest BCUT2D eigenvalue weighted by atomic mass is 16.1. The monoisotopic (exact) mass is 313 g/mol. The van der Waals surface area contributed by atoms with E-state index in [1.165, 1.54) is 5.56 Å². The molecule has 3 rings (SSSR count).